The molecule has 0 unspecified atom stereocenters. The minimum atomic E-state index is -1.06. The predicted molar refractivity (Wildman–Crippen MR) is 85.7 cm³/mol. The van der Waals surface area contributed by atoms with Crippen LogP contribution in [0, 0.1) is 0 Å². The minimum Gasteiger partial charge on any atom is -0.495 e. The number of carbonyl (C=O) groups excluding carboxylic acids is 4. The summed E-state index contributed by atoms with van der Waals surface area (Å²) in [6.07, 6.45) is 1.31. The first-order valence-electron chi connectivity index (χ1n) is 6.80. The molecule has 1 aliphatic rings. The van der Waals surface area contributed by atoms with E-state index >= 15 is 0 Å². The van der Waals surface area contributed by atoms with Gasteiger partial charge in [0, 0.05) is 11.6 Å². The highest BCUT2D eigenvalue weighted by Crippen LogP contribution is 2.27. The number of amides is 5. The summed E-state index contributed by atoms with van der Waals surface area (Å²) in [6.45, 7) is 2.69. The first kappa shape index (κ1) is 17.5. The van der Waals surface area contributed by atoms with Gasteiger partial charge >= 0.3 is 17.8 Å². The highest BCUT2D eigenvalue weighted by atomic mass is 35.5. The molecule has 0 aliphatic carbocycles. The number of rotatable bonds is 6. The van der Waals surface area contributed by atoms with Gasteiger partial charge in [0.05, 0.1) is 12.8 Å². The van der Waals surface area contributed by atoms with Gasteiger partial charge in [-0.15, -0.1) is 6.58 Å². The lowest BCUT2D eigenvalue weighted by molar-refractivity contribution is -0.143. The van der Waals surface area contributed by atoms with Crippen molar-refractivity contribution in [2.75, 3.05) is 25.5 Å². The second kappa shape index (κ2) is 7.14. The summed E-state index contributed by atoms with van der Waals surface area (Å²) in [6, 6.07) is 3.73. The molecule has 1 aromatic carbocycles. The van der Waals surface area contributed by atoms with Crippen LogP contribution in [-0.4, -0.2) is 53.8 Å². The Hall–Kier alpha value is -2.87. The molecule has 24 heavy (non-hydrogen) atoms. The molecule has 1 N–H and O–H groups in total. The van der Waals surface area contributed by atoms with Crippen LogP contribution in [0.25, 0.3) is 0 Å². The molecule has 8 nitrogen and oxygen atoms in total. The highest BCUT2D eigenvalue weighted by Gasteiger charge is 2.44. The van der Waals surface area contributed by atoms with Gasteiger partial charge in [-0.3, -0.25) is 19.3 Å². The summed E-state index contributed by atoms with van der Waals surface area (Å²) in [5.41, 5.74) is 0.281. The van der Waals surface area contributed by atoms with Gasteiger partial charge in [0.25, 0.3) is 0 Å². The fourth-order valence-electron chi connectivity index (χ4n) is 2.09. The van der Waals surface area contributed by atoms with E-state index in [-0.39, 0.29) is 12.2 Å². The van der Waals surface area contributed by atoms with Crippen molar-refractivity contribution in [2.45, 2.75) is 0 Å². The SMILES string of the molecule is C=CCN1C(=O)C(=O)N(CC(=O)Nc2cc(Cl)ccc2OC)C1=O. The van der Waals surface area contributed by atoms with Gasteiger partial charge in [0.15, 0.2) is 0 Å². The zero-order valence-corrected chi connectivity index (χ0v) is 13.5. The van der Waals surface area contributed by atoms with Crippen LogP contribution in [0.15, 0.2) is 30.9 Å². The Balaban J connectivity index is 2.11. The van der Waals surface area contributed by atoms with Gasteiger partial charge < -0.3 is 10.1 Å². The van der Waals surface area contributed by atoms with E-state index in [4.69, 9.17) is 16.3 Å². The number of imide groups is 2. The average molecular weight is 352 g/mol. The summed E-state index contributed by atoms with van der Waals surface area (Å²) in [5.74, 6) is -2.37. The molecule has 9 heteroatoms. The van der Waals surface area contributed by atoms with Crippen molar-refractivity contribution >= 4 is 41.0 Å². The molecule has 0 spiro atoms. The number of benzene rings is 1. The molecule has 126 valence electrons. The molecular formula is C15H14ClN3O5. The van der Waals surface area contributed by atoms with Crippen molar-refractivity contribution in [3.05, 3.63) is 35.9 Å². The van der Waals surface area contributed by atoms with E-state index in [9.17, 15) is 19.2 Å². The number of ether oxygens (including phenoxy) is 1. The number of nitrogens with one attached hydrogen (secondary N) is 1. The molecule has 0 radical (unpaired) electrons. The van der Waals surface area contributed by atoms with Crippen LogP contribution >= 0.6 is 11.6 Å². The number of anilines is 1. The van der Waals surface area contributed by atoms with Crippen molar-refractivity contribution in [1.29, 1.82) is 0 Å². The largest absolute Gasteiger partial charge is 0.495 e. The smallest absolute Gasteiger partial charge is 0.335 e. The zero-order valence-electron chi connectivity index (χ0n) is 12.7. The van der Waals surface area contributed by atoms with Crippen molar-refractivity contribution in [3.63, 3.8) is 0 Å². The maximum atomic E-state index is 12.1. The molecule has 0 aromatic heterocycles. The lowest BCUT2D eigenvalue weighted by atomic mass is 10.3. The van der Waals surface area contributed by atoms with Gasteiger partial charge in [-0.25, -0.2) is 9.69 Å². The van der Waals surface area contributed by atoms with E-state index in [1.54, 1.807) is 12.1 Å². The quantitative estimate of drug-likeness (QED) is 0.473. The van der Waals surface area contributed by atoms with Crippen LogP contribution < -0.4 is 10.1 Å². The third kappa shape index (κ3) is 3.38. The van der Waals surface area contributed by atoms with Gasteiger partial charge in [-0.2, -0.15) is 0 Å². The van der Waals surface area contributed by atoms with Crippen LogP contribution in [0.3, 0.4) is 0 Å². The second-order valence-corrected chi connectivity index (χ2v) is 5.21. The molecule has 0 bridgehead atoms. The molecule has 1 aromatic rings. The Morgan fingerprint density at radius 1 is 1.29 bits per heavy atom. The Bertz CT molecular complexity index is 734. The number of halogens is 1. The molecule has 1 heterocycles. The summed E-state index contributed by atoms with van der Waals surface area (Å²) < 4.78 is 5.09. The van der Waals surface area contributed by atoms with Crippen LogP contribution in [0.1, 0.15) is 0 Å². The molecule has 5 amide bonds. The second-order valence-electron chi connectivity index (χ2n) is 4.77. The van der Waals surface area contributed by atoms with Crippen molar-refractivity contribution in [3.8, 4) is 5.75 Å². The fourth-order valence-corrected chi connectivity index (χ4v) is 2.26. The van der Waals surface area contributed by atoms with Crippen molar-refractivity contribution in [2.24, 2.45) is 0 Å². The van der Waals surface area contributed by atoms with Gasteiger partial charge in [0.1, 0.15) is 12.3 Å². The third-order valence-corrected chi connectivity index (χ3v) is 3.42. The molecule has 2 rings (SSSR count). The Kier molecular flexibility index (Phi) is 5.20. The van der Waals surface area contributed by atoms with Crippen LogP contribution in [0.2, 0.25) is 5.02 Å². The first-order chi connectivity index (χ1) is 11.4. The average Bonchev–Trinajstić information content (AvgIpc) is 2.73. The van der Waals surface area contributed by atoms with E-state index in [0.717, 1.165) is 0 Å². The third-order valence-electron chi connectivity index (χ3n) is 3.18. The summed E-state index contributed by atoms with van der Waals surface area (Å²) in [7, 11) is 1.41. The molecule has 1 saturated heterocycles. The summed E-state index contributed by atoms with van der Waals surface area (Å²) in [5, 5.41) is 2.85. The van der Waals surface area contributed by atoms with Gasteiger partial charge in [0.2, 0.25) is 5.91 Å². The molecule has 0 atom stereocenters. The minimum absolute atomic E-state index is 0.107. The molecule has 0 saturated carbocycles. The monoisotopic (exact) mass is 351 g/mol. The summed E-state index contributed by atoms with van der Waals surface area (Å²) >= 11 is 5.86. The number of hydrogen-bond donors (Lipinski definition) is 1. The normalized spacial score (nSPS) is 14.2. The maximum Gasteiger partial charge on any atom is 0.335 e. The molecule has 1 fully saturated rings. The van der Waals surface area contributed by atoms with Crippen LogP contribution in [0.4, 0.5) is 10.5 Å². The van der Waals surface area contributed by atoms with E-state index in [0.29, 0.717) is 20.6 Å². The number of urea groups is 1. The lowest BCUT2D eigenvalue weighted by Gasteiger charge is -2.15. The fraction of sp³-hybridized carbons (Fsp3) is 0.200. The molecular weight excluding hydrogens is 338 g/mol. The summed E-state index contributed by atoms with van der Waals surface area (Å²) in [4.78, 5) is 48.9. The lowest BCUT2D eigenvalue weighted by Crippen LogP contribution is -2.39. The first-order valence-corrected chi connectivity index (χ1v) is 7.18. The van der Waals surface area contributed by atoms with Crippen LogP contribution in [0.5, 0.6) is 5.75 Å². The Morgan fingerprint density at radius 3 is 2.58 bits per heavy atom. The number of carbonyl (C=O) groups is 4. The highest BCUT2D eigenvalue weighted by molar-refractivity contribution is 6.45. The number of hydrogen-bond acceptors (Lipinski definition) is 5. The Labute approximate surface area is 142 Å². The number of methoxy groups -OCH3 is 1. The van der Waals surface area contributed by atoms with Crippen molar-refractivity contribution < 1.29 is 23.9 Å². The molecule has 1 aliphatic heterocycles. The Morgan fingerprint density at radius 2 is 1.96 bits per heavy atom. The zero-order chi connectivity index (χ0) is 17.9. The van der Waals surface area contributed by atoms with E-state index < -0.39 is 30.3 Å². The standard InChI is InChI=1S/C15H14ClN3O5/c1-3-6-18-13(21)14(22)19(15(18)23)8-12(20)17-10-7-9(16)4-5-11(10)24-2/h3-5,7H,1,6,8H2,2H3,(H,17,20). The number of nitrogens with zero attached hydrogens (tertiary/aromatic N) is 2. The van der Waals surface area contributed by atoms with Crippen LogP contribution in [-0.2, 0) is 14.4 Å². The van der Waals surface area contributed by atoms with Gasteiger partial charge in [-0.05, 0) is 18.2 Å². The van der Waals surface area contributed by atoms with E-state index in [1.807, 2.05) is 0 Å². The van der Waals surface area contributed by atoms with E-state index in [2.05, 4.69) is 11.9 Å². The maximum absolute atomic E-state index is 12.1. The van der Waals surface area contributed by atoms with Gasteiger partial charge in [-0.1, -0.05) is 17.7 Å². The van der Waals surface area contributed by atoms with E-state index in [1.165, 1.54) is 19.3 Å². The topological polar surface area (TPSA) is 96.0 Å². The predicted octanol–water partition coefficient (Wildman–Crippen LogP) is 1.26. The van der Waals surface area contributed by atoms with Crippen molar-refractivity contribution in [1.82, 2.24) is 9.80 Å².